The van der Waals surface area contributed by atoms with Gasteiger partial charge in [-0.1, -0.05) is 35.9 Å². The molecule has 4 aromatic rings. The van der Waals surface area contributed by atoms with Gasteiger partial charge >= 0.3 is 0 Å². The van der Waals surface area contributed by atoms with Crippen LogP contribution in [0.15, 0.2) is 64.3 Å². The van der Waals surface area contributed by atoms with Gasteiger partial charge in [0.25, 0.3) is 5.56 Å². The number of nitrogens with one attached hydrogen (secondary N) is 1. The number of fused-ring (bicyclic) bond motifs is 1. The van der Waals surface area contributed by atoms with Crippen molar-refractivity contribution in [2.24, 2.45) is 0 Å². The second kappa shape index (κ2) is 7.46. The predicted octanol–water partition coefficient (Wildman–Crippen LogP) is 3.73. The fraction of sp³-hybridized carbons (Fsp3) is 0.150. The molecule has 1 N–H and O–H groups in total. The molecular weight excluding hydrogens is 378 g/mol. The first-order valence-corrected chi connectivity index (χ1v) is 10.2. The molecule has 4 rings (SSSR count). The molecule has 0 spiro atoms. The van der Waals surface area contributed by atoms with E-state index in [1.54, 1.807) is 17.4 Å². The normalized spacial score (nSPS) is 12.2. The molecule has 3 aromatic heterocycles. The monoisotopic (exact) mass is 395 g/mol. The van der Waals surface area contributed by atoms with Crippen LogP contribution < -0.4 is 10.9 Å². The summed E-state index contributed by atoms with van der Waals surface area (Å²) < 4.78 is 1.35. The van der Waals surface area contributed by atoms with Gasteiger partial charge in [0, 0.05) is 4.88 Å². The average molecular weight is 396 g/mol. The first kappa shape index (κ1) is 17.6. The van der Waals surface area contributed by atoms with E-state index in [1.165, 1.54) is 22.2 Å². The first-order chi connectivity index (χ1) is 13.1. The van der Waals surface area contributed by atoms with Crippen molar-refractivity contribution < 1.29 is 4.79 Å². The maximum absolute atomic E-state index is 12.7. The number of carbonyl (C=O) groups is 1. The maximum atomic E-state index is 12.7. The summed E-state index contributed by atoms with van der Waals surface area (Å²) in [5.41, 5.74) is 1.98. The summed E-state index contributed by atoms with van der Waals surface area (Å²) in [6.07, 6.45) is 1.44. The highest BCUT2D eigenvalue weighted by molar-refractivity contribution is 7.16. The van der Waals surface area contributed by atoms with Gasteiger partial charge in [-0.25, -0.2) is 4.98 Å². The molecule has 1 atom stereocenters. The Hall–Kier alpha value is -2.77. The SMILES string of the molecule is Cc1ccc(C(NC(=O)Cn2cnc3sccc3c2=O)c2cccs2)cc1. The van der Waals surface area contributed by atoms with Crippen molar-refractivity contribution in [1.82, 2.24) is 14.9 Å². The molecule has 3 heterocycles. The lowest BCUT2D eigenvalue weighted by Gasteiger charge is -2.18. The van der Waals surface area contributed by atoms with Crippen LogP contribution >= 0.6 is 22.7 Å². The smallest absolute Gasteiger partial charge is 0.262 e. The van der Waals surface area contributed by atoms with Crippen molar-refractivity contribution in [3.63, 3.8) is 0 Å². The Morgan fingerprint density at radius 3 is 2.70 bits per heavy atom. The Morgan fingerprint density at radius 2 is 1.96 bits per heavy atom. The van der Waals surface area contributed by atoms with Gasteiger partial charge in [-0.3, -0.25) is 14.2 Å². The van der Waals surface area contributed by atoms with Crippen LogP contribution in [0.4, 0.5) is 0 Å². The minimum absolute atomic E-state index is 0.0641. The summed E-state index contributed by atoms with van der Waals surface area (Å²) in [7, 11) is 0. The van der Waals surface area contributed by atoms with Crippen LogP contribution in [0, 0.1) is 6.92 Å². The number of aromatic nitrogens is 2. The number of thiophene rings is 2. The van der Waals surface area contributed by atoms with Gasteiger partial charge in [0.15, 0.2) is 0 Å². The minimum Gasteiger partial charge on any atom is -0.343 e. The lowest BCUT2D eigenvalue weighted by Crippen LogP contribution is -2.35. The molecule has 27 heavy (non-hydrogen) atoms. The maximum Gasteiger partial charge on any atom is 0.262 e. The van der Waals surface area contributed by atoms with Crippen LogP contribution in [-0.4, -0.2) is 15.5 Å². The van der Waals surface area contributed by atoms with Gasteiger partial charge < -0.3 is 5.32 Å². The number of rotatable bonds is 5. The molecule has 7 heteroatoms. The third kappa shape index (κ3) is 3.70. The van der Waals surface area contributed by atoms with E-state index >= 15 is 0 Å². The minimum atomic E-state index is -0.244. The lowest BCUT2D eigenvalue weighted by atomic mass is 10.0. The molecule has 0 radical (unpaired) electrons. The summed E-state index contributed by atoms with van der Waals surface area (Å²) in [5.74, 6) is -0.229. The van der Waals surface area contributed by atoms with E-state index in [0.29, 0.717) is 10.2 Å². The molecule has 0 saturated heterocycles. The molecule has 0 fully saturated rings. The number of nitrogens with zero attached hydrogens (tertiary/aromatic N) is 2. The molecule has 0 aliphatic carbocycles. The summed E-state index contributed by atoms with van der Waals surface area (Å²) >= 11 is 3.00. The van der Waals surface area contributed by atoms with E-state index in [-0.39, 0.29) is 24.1 Å². The Kier molecular flexibility index (Phi) is 4.87. The molecular formula is C20H17N3O2S2. The predicted molar refractivity (Wildman–Crippen MR) is 109 cm³/mol. The lowest BCUT2D eigenvalue weighted by molar-refractivity contribution is -0.122. The molecule has 0 bridgehead atoms. The second-order valence-electron chi connectivity index (χ2n) is 6.24. The number of aryl methyl sites for hydroxylation is 1. The average Bonchev–Trinajstić information content (AvgIpc) is 3.35. The molecule has 1 unspecified atom stereocenters. The van der Waals surface area contributed by atoms with Crippen molar-refractivity contribution >= 4 is 38.8 Å². The Balaban J connectivity index is 1.59. The van der Waals surface area contributed by atoms with E-state index in [4.69, 9.17) is 0 Å². The molecule has 1 aromatic carbocycles. The van der Waals surface area contributed by atoms with Gasteiger partial charge in [0.1, 0.15) is 11.4 Å². The number of amides is 1. The van der Waals surface area contributed by atoms with Crippen molar-refractivity contribution in [3.05, 3.63) is 85.9 Å². The molecule has 5 nitrogen and oxygen atoms in total. The Bertz CT molecular complexity index is 1130. The first-order valence-electron chi connectivity index (χ1n) is 8.44. The number of benzene rings is 1. The van der Waals surface area contributed by atoms with Crippen molar-refractivity contribution in [3.8, 4) is 0 Å². The largest absolute Gasteiger partial charge is 0.343 e. The van der Waals surface area contributed by atoms with Gasteiger partial charge in [0.05, 0.1) is 17.8 Å². The summed E-state index contributed by atoms with van der Waals surface area (Å²) in [6, 6.07) is 13.6. The van der Waals surface area contributed by atoms with Gasteiger partial charge in [-0.05, 0) is 35.4 Å². The Labute approximate surface area is 163 Å². The van der Waals surface area contributed by atoms with Crippen molar-refractivity contribution in [2.45, 2.75) is 19.5 Å². The van der Waals surface area contributed by atoms with Gasteiger partial charge in [0.2, 0.25) is 5.91 Å². The topological polar surface area (TPSA) is 64.0 Å². The fourth-order valence-electron chi connectivity index (χ4n) is 2.90. The van der Waals surface area contributed by atoms with Gasteiger partial charge in [-0.15, -0.1) is 22.7 Å². The van der Waals surface area contributed by atoms with Crippen LogP contribution in [0.3, 0.4) is 0 Å². The number of hydrogen-bond acceptors (Lipinski definition) is 5. The zero-order valence-corrected chi connectivity index (χ0v) is 16.2. The van der Waals surface area contributed by atoms with E-state index in [0.717, 1.165) is 16.0 Å². The van der Waals surface area contributed by atoms with E-state index in [9.17, 15) is 9.59 Å². The van der Waals surface area contributed by atoms with Crippen LogP contribution in [0.1, 0.15) is 22.0 Å². The Morgan fingerprint density at radius 1 is 1.15 bits per heavy atom. The van der Waals surface area contributed by atoms with Crippen LogP contribution in [0.25, 0.3) is 10.2 Å². The van der Waals surface area contributed by atoms with Crippen molar-refractivity contribution in [2.75, 3.05) is 0 Å². The standard InChI is InChI=1S/C20H17N3O2S2/c1-13-4-6-14(7-5-13)18(16-3-2-9-26-16)22-17(24)11-23-12-21-19-15(20(23)25)8-10-27-19/h2-10,12,18H,11H2,1H3,(H,22,24). The van der Waals surface area contributed by atoms with Crippen LogP contribution in [-0.2, 0) is 11.3 Å². The summed E-state index contributed by atoms with van der Waals surface area (Å²) in [4.78, 5) is 31.2. The number of carbonyl (C=O) groups excluding carboxylic acids is 1. The fourth-order valence-corrected chi connectivity index (χ4v) is 4.43. The van der Waals surface area contributed by atoms with E-state index in [2.05, 4.69) is 10.3 Å². The van der Waals surface area contributed by atoms with Crippen molar-refractivity contribution in [1.29, 1.82) is 0 Å². The molecule has 1 amide bonds. The third-order valence-corrected chi connectivity index (χ3v) is 6.07. The molecule has 0 aliphatic rings. The zero-order valence-electron chi connectivity index (χ0n) is 14.6. The highest BCUT2D eigenvalue weighted by atomic mass is 32.1. The molecule has 136 valence electrons. The number of hydrogen-bond donors (Lipinski definition) is 1. The second-order valence-corrected chi connectivity index (χ2v) is 8.12. The zero-order chi connectivity index (χ0) is 18.8. The van der Waals surface area contributed by atoms with Crippen LogP contribution in [0.5, 0.6) is 0 Å². The summed E-state index contributed by atoms with van der Waals surface area (Å²) in [5, 5.41) is 7.42. The summed E-state index contributed by atoms with van der Waals surface area (Å²) in [6.45, 7) is 1.97. The van der Waals surface area contributed by atoms with E-state index < -0.39 is 0 Å². The third-order valence-electron chi connectivity index (χ3n) is 4.31. The van der Waals surface area contributed by atoms with Crippen LogP contribution in [0.2, 0.25) is 0 Å². The highest BCUT2D eigenvalue weighted by Crippen LogP contribution is 2.26. The highest BCUT2D eigenvalue weighted by Gasteiger charge is 2.18. The van der Waals surface area contributed by atoms with Gasteiger partial charge in [-0.2, -0.15) is 0 Å². The van der Waals surface area contributed by atoms with E-state index in [1.807, 2.05) is 54.1 Å². The molecule has 0 saturated carbocycles. The molecule has 0 aliphatic heterocycles. The quantitative estimate of drug-likeness (QED) is 0.560.